The van der Waals surface area contributed by atoms with E-state index in [4.69, 9.17) is 9.47 Å². The van der Waals surface area contributed by atoms with Gasteiger partial charge in [-0.1, -0.05) is 6.07 Å². The van der Waals surface area contributed by atoms with E-state index in [1.165, 1.54) is 35.2 Å². The number of nitrogens with zero attached hydrogens (tertiary/aromatic N) is 2. The maximum absolute atomic E-state index is 14.4. The second-order valence-electron chi connectivity index (χ2n) is 7.65. The summed E-state index contributed by atoms with van der Waals surface area (Å²) in [6, 6.07) is 9.23. The van der Waals surface area contributed by atoms with Crippen molar-refractivity contribution >= 4 is 20.3 Å². The van der Waals surface area contributed by atoms with Crippen molar-refractivity contribution in [2.24, 2.45) is 0 Å². The molecule has 0 fully saturated rings. The van der Waals surface area contributed by atoms with E-state index in [0.29, 0.717) is 0 Å². The largest absolute Gasteiger partial charge is 0.483 e. The smallest absolute Gasteiger partial charge is 0.311 e. The van der Waals surface area contributed by atoms with Crippen molar-refractivity contribution in [1.29, 1.82) is 0 Å². The molecular weight excluding hydrogens is 523 g/mol. The lowest BCUT2D eigenvalue weighted by atomic mass is 10.1. The van der Waals surface area contributed by atoms with Crippen molar-refractivity contribution in [3.05, 3.63) is 92.5 Å². The Morgan fingerprint density at radius 2 is 1.68 bits per heavy atom. The SMILES string of the molecule is CN(C)C(=O)c1cccc(Oc2cc(COc3c(F)c(F)c(CO[PH2]=O)c(F)c3F)ccc2[N+](=O)[O-])c1. The fourth-order valence-electron chi connectivity index (χ4n) is 3.14. The zero-order valence-electron chi connectivity index (χ0n) is 19.3. The minimum absolute atomic E-state index is 0.0906. The van der Waals surface area contributed by atoms with Crippen LogP contribution in [-0.4, -0.2) is 29.8 Å². The first-order chi connectivity index (χ1) is 17.5. The first kappa shape index (κ1) is 27.6. The molecule has 37 heavy (non-hydrogen) atoms. The van der Waals surface area contributed by atoms with Gasteiger partial charge in [0.15, 0.2) is 26.1 Å². The Balaban J connectivity index is 1.89. The van der Waals surface area contributed by atoms with Crippen LogP contribution in [0.2, 0.25) is 0 Å². The van der Waals surface area contributed by atoms with Crippen LogP contribution in [0.15, 0.2) is 42.5 Å². The van der Waals surface area contributed by atoms with E-state index in [1.807, 2.05) is 0 Å². The van der Waals surface area contributed by atoms with Crippen molar-refractivity contribution in [2.45, 2.75) is 13.2 Å². The predicted octanol–water partition coefficient (Wildman–Crippen LogP) is 5.41. The molecule has 1 unspecified atom stereocenters. The van der Waals surface area contributed by atoms with Crippen LogP contribution in [0, 0.1) is 33.4 Å². The summed E-state index contributed by atoms with van der Waals surface area (Å²) < 4.78 is 82.4. The summed E-state index contributed by atoms with van der Waals surface area (Å²) in [7, 11) is 1.22. The molecular formula is C23H19F4N2O7P. The number of halogens is 4. The molecule has 196 valence electrons. The summed E-state index contributed by atoms with van der Waals surface area (Å²) in [4.78, 5) is 24.2. The topological polar surface area (TPSA) is 108 Å². The maximum atomic E-state index is 14.4. The minimum Gasteiger partial charge on any atom is -0.483 e. The highest BCUT2D eigenvalue weighted by molar-refractivity contribution is 7.17. The molecule has 14 heteroatoms. The molecule has 0 aromatic heterocycles. The van der Waals surface area contributed by atoms with Crippen molar-refractivity contribution in [1.82, 2.24) is 4.90 Å². The number of amides is 1. The van der Waals surface area contributed by atoms with Crippen LogP contribution < -0.4 is 9.47 Å². The third kappa shape index (κ3) is 6.25. The molecule has 0 N–H and O–H groups in total. The summed E-state index contributed by atoms with van der Waals surface area (Å²) in [6.45, 7) is -1.60. The molecule has 1 amide bonds. The second kappa shape index (κ2) is 11.8. The summed E-state index contributed by atoms with van der Waals surface area (Å²) in [5.74, 6) is -9.11. The van der Waals surface area contributed by atoms with Crippen LogP contribution in [0.25, 0.3) is 0 Å². The Morgan fingerprint density at radius 1 is 1.00 bits per heavy atom. The average molecular weight is 542 g/mol. The lowest BCUT2D eigenvalue weighted by molar-refractivity contribution is -0.385. The molecule has 0 saturated carbocycles. The van der Waals surface area contributed by atoms with Crippen LogP contribution in [0.4, 0.5) is 23.2 Å². The molecule has 1 atom stereocenters. The molecule has 9 nitrogen and oxygen atoms in total. The average Bonchev–Trinajstić information content (AvgIpc) is 2.87. The molecule has 0 radical (unpaired) electrons. The summed E-state index contributed by atoms with van der Waals surface area (Å²) in [6.07, 6.45) is 0. The van der Waals surface area contributed by atoms with Gasteiger partial charge in [-0.2, -0.15) is 8.78 Å². The van der Waals surface area contributed by atoms with Crippen molar-refractivity contribution in [3.63, 3.8) is 0 Å². The van der Waals surface area contributed by atoms with Gasteiger partial charge in [-0.05, 0) is 35.9 Å². The Labute approximate surface area is 208 Å². The molecule has 0 aliphatic rings. The van der Waals surface area contributed by atoms with Gasteiger partial charge in [-0.15, -0.1) is 0 Å². The van der Waals surface area contributed by atoms with Gasteiger partial charge in [0.25, 0.3) is 5.91 Å². The molecule has 0 bridgehead atoms. The van der Waals surface area contributed by atoms with E-state index in [0.717, 1.165) is 12.1 Å². The molecule has 0 saturated heterocycles. The van der Waals surface area contributed by atoms with Crippen LogP contribution in [0.3, 0.4) is 0 Å². The number of carbonyl (C=O) groups excluding carboxylic acids is 1. The van der Waals surface area contributed by atoms with Gasteiger partial charge in [0.2, 0.25) is 17.4 Å². The highest BCUT2D eigenvalue weighted by Gasteiger charge is 2.27. The summed E-state index contributed by atoms with van der Waals surface area (Å²) >= 11 is 0. The monoisotopic (exact) mass is 542 g/mol. The number of ether oxygens (including phenoxy) is 2. The lowest BCUT2D eigenvalue weighted by Crippen LogP contribution is -2.21. The first-order valence-corrected chi connectivity index (χ1v) is 11.3. The van der Waals surface area contributed by atoms with Crippen molar-refractivity contribution in [3.8, 4) is 17.2 Å². The summed E-state index contributed by atoms with van der Waals surface area (Å²) in [5, 5.41) is 11.5. The van der Waals surface area contributed by atoms with E-state index in [-0.39, 0.29) is 28.5 Å². The Morgan fingerprint density at radius 3 is 2.27 bits per heavy atom. The Kier molecular flexibility index (Phi) is 8.85. The van der Waals surface area contributed by atoms with Gasteiger partial charge >= 0.3 is 5.69 Å². The quantitative estimate of drug-likeness (QED) is 0.111. The van der Waals surface area contributed by atoms with Crippen LogP contribution in [0.1, 0.15) is 21.5 Å². The molecule has 3 aromatic rings. The number of rotatable bonds is 10. The Bertz CT molecular complexity index is 1340. The van der Waals surface area contributed by atoms with Gasteiger partial charge in [-0.3, -0.25) is 19.5 Å². The fraction of sp³-hybridized carbons (Fsp3) is 0.174. The van der Waals surface area contributed by atoms with Crippen LogP contribution >= 0.6 is 8.69 Å². The van der Waals surface area contributed by atoms with Gasteiger partial charge < -0.3 is 18.9 Å². The van der Waals surface area contributed by atoms with Gasteiger partial charge in [0.1, 0.15) is 12.4 Å². The highest BCUT2D eigenvalue weighted by Crippen LogP contribution is 2.35. The lowest BCUT2D eigenvalue weighted by Gasteiger charge is -2.14. The molecule has 0 heterocycles. The van der Waals surface area contributed by atoms with Gasteiger partial charge in [-0.25, -0.2) is 8.78 Å². The number of nitro benzene ring substituents is 1. The third-order valence-corrected chi connectivity index (χ3v) is 5.23. The standard InChI is InChI=1S/C23H19F4N2O7P/c1-28(2)23(30)13-4-3-5-14(9-13)36-17-8-12(6-7-16(17)29(31)32)10-34-22-20(26)18(24)15(11-35-37-33)19(25)21(22)27/h3-9H,10-11,37H2,1-2H3. The molecule has 0 aliphatic heterocycles. The molecule has 3 aromatic carbocycles. The maximum Gasteiger partial charge on any atom is 0.311 e. The van der Waals surface area contributed by atoms with E-state index in [9.17, 15) is 37.0 Å². The normalized spacial score (nSPS) is 11.1. The number of carbonyl (C=O) groups is 1. The number of benzene rings is 3. The predicted molar refractivity (Wildman–Crippen MR) is 123 cm³/mol. The summed E-state index contributed by atoms with van der Waals surface area (Å²) in [5.41, 5.74) is -1.20. The number of hydrogen-bond donors (Lipinski definition) is 0. The number of hydrogen-bond acceptors (Lipinski definition) is 7. The van der Waals surface area contributed by atoms with Crippen LogP contribution in [-0.2, 0) is 22.3 Å². The van der Waals surface area contributed by atoms with E-state index >= 15 is 0 Å². The van der Waals surface area contributed by atoms with Crippen molar-refractivity contribution < 1.29 is 45.8 Å². The zero-order chi connectivity index (χ0) is 27.3. The number of nitro groups is 1. The van der Waals surface area contributed by atoms with E-state index < -0.39 is 67.1 Å². The van der Waals surface area contributed by atoms with Gasteiger partial charge in [0.05, 0.1) is 17.1 Å². The molecule has 0 spiro atoms. The fourth-order valence-corrected chi connectivity index (χ4v) is 3.38. The highest BCUT2D eigenvalue weighted by atomic mass is 31.1. The Hall–Kier alpha value is -3.96. The minimum atomic E-state index is -1.87. The zero-order valence-corrected chi connectivity index (χ0v) is 20.5. The van der Waals surface area contributed by atoms with Gasteiger partial charge in [0, 0.05) is 25.7 Å². The molecule has 0 aliphatic carbocycles. The van der Waals surface area contributed by atoms with E-state index in [2.05, 4.69) is 4.52 Å². The third-order valence-electron chi connectivity index (χ3n) is 4.93. The van der Waals surface area contributed by atoms with E-state index in [1.54, 1.807) is 14.1 Å². The molecule has 3 rings (SSSR count). The second-order valence-corrected chi connectivity index (χ2v) is 8.17. The van der Waals surface area contributed by atoms with Crippen molar-refractivity contribution in [2.75, 3.05) is 14.1 Å². The van der Waals surface area contributed by atoms with Crippen LogP contribution in [0.5, 0.6) is 17.2 Å². The first-order valence-electron chi connectivity index (χ1n) is 10.3.